The van der Waals surface area contributed by atoms with E-state index in [1.165, 1.54) is 0 Å². The molecule has 0 fully saturated rings. The summed E-state index contributed by atoms with van der Waals surface area (Å²) in [5.41, 5.74) is 2.08. The Hall–Kier alpha value is -3.51. The van der Waals surface area contributed by atoms with Crippen LogP contribution in [-0.4, -0.2) is 43.0 Å². The lowest BCUT2D eigenvalue weighted by Crippen LogP contribution is -2.32. The quantitative estimate of drug-likeness (QED) is 0.485. The van der Waals surface area contributed by atoms with E-state index in [-0.39, 0.29) is 11.8 Å². The highest BCUT2D eigenvalue weighted by molar-refractivity contribution is 6.30. The molecule has 0 saturated heterocycles. The lowest BCUT2D eigenvalue weighted by atomic mass is 10.1. The number of rotatable bonds is 8. The number of anilines is 1. The lowest BCUT2D eigenvalue weighted by molar-refractivity contribution is -0.122. The number of hydrogen-bond acceptors (Lipinski definition) is 4. The van der Waals surface area contributed by atoms with E-state index in [0.29, 0.717) is 48.0 Å². The number of nitrogens with one attached hydrogen (secondary N) is 1. The molecule has 1 heterocycles. The van der Waals surface area contributed by atoms with E-state index in [1.54, 1.807) is 48.3 Å². The Morgan fingerprint density at radius 3 is 2.73 bits per heavy atom. The molecular weight excluding hydrogens is 440 g/mol. The van der Waals surface area contributed by atoms with Crippen molar-refractivity contribution in [3.05, 3.63) is 88.9 Å². The van der Waals surface area contributed by atoms with Gasteiger partial charge in [0, 0.05) is 36.3 Å². The molecule has 4 rings (SSSR count). The molecule has 1 aliphatic heterocycles. The Morgan fingerprint density at radius 1 is 1.09 bits per heavy atom. The first kappa shape index (κ1) is 22.7. The third-order valence-corrected chi connectivity index (χ3v) is 5.60. The predicted octanol–water partition coefficient (Wildman–Crippen LogP) is 4.82. The van der Waals surface area contributed by atoms with Crippen LogP contribution in [0.25, 0.3) is 0 Å². The second kappa shape index (κ2) is 10.4. The normalized spacial score (nSPS) is 14.2. The minimum atomic E-state index is -0.580. The van der Waals surface area contributed by atoms with Crippen LogP contribution in [0.2, 0.25) is 5.02 Å². The number of nitrogens with zero attached hydrogens (tertiary/aromatic N) is 1. The molecular formula is C26H25ClN2O4. The smallest absolute Gasteiger partial charge is 0.265 e. The first-order valence-corrected chi connectivity index (χ1v) is 11.2. The maximum atomic E-state index is 12.8. The van der Waals surface area contributed by atoms with Gasteiger partial charge in [-0.1, -0.05) is 41.9 Å². The number of carbonyl (C=O) groups is 2. The maximum Gasteiger partial charge on any atom is 0.265 e. The summed E-state index contributed by atoms with van der Waals surface area (Å²) in [5.74, 6) is 1.08. The number of fused-ring (bicyclic) bond motifs is 1. The van der Waals surface area contributed by atoms with E-state index in [2.05, 4.69) is 5.32 Å². The van der Waals surface area contributed by atoms with Crippen molar-refractivity contribution in [3.8, 4) is 11.5 Å². The van der Waals surface area contributed by atoms with Crippen molar-refractivity contribution in [2.45, 2.75) is 18.9 Å². The molecule has 0 saturated carbocycles. The maximum absolute atomic E-state index is 12.8. The summed E-state index contributed by atoms with van der Waals surface area (Å²) in [6.45, 7) is 1.00. The van der Waals surface area contributed by atoms with Gasteiger partial charge in [0.25, 0.3) is 11.8 Å². The Kier molecular flexibility index (Phi) is 7.15. The van der Waals surface area contributed by atoms with Gasteiger partial charge < -0.3 is 19.7 Å². The average Bonchev–Trinajstić information content (AvgIpc) is 3.26. The van der Waals surface area contributed by atoms with Crippen molar-refractivity contribution >= 4 is 29.1 Å². The topological polar surface area (TPSA) is 67.9 Å². The Labute approximate surface area is 198 Å². The van der Waals surface area contributed by atoms with Crippen LogP contribution in [0.5, 0.6) is 11.5 Å². The number of amides is 2. The average molecular weight is 465 g/mol. The van der Waals surface area contributed by atoms with Crippen molar-refractivity contribution in [2.75, 3.05) is 25.5 Å². The standard InChI is InChI=1S/C26H25ClN2O4/c1-29(13-6-14-32-22-11-5-9-20(27)17-22)26(31)19-8-4-10-21(15-19)28-25(30)24-16-18-7-2-3-12-23(18)33-24/h2-5,7-12,15,17,24H,6,13-14,16H2,1H3,(H,28,30). The minimum absolute atomic E-state index is 0.127. The zero-order valence-corrected chi connectivity index (χ0v) is 19.0. The van der Waals surface area contributed by atoms with E-state index >= 15 is 0 Å². The van der Waals surface area contributed by atoms with E-state index < -0.39 is 6.10 Å². The van der Waals surface area contributed by atoms with Crippen LogP contribution in [0.15, 0.2) is 72.8 Å². The highest BCUT2D eigenvalue weighted by Crippen LogP contribution is 2.28. The van der Waals surface area contributed by atoms with Crippen molar-refractivity contribution in [1.82, 2.24) is 4.90 Å². The first-order valence-electron chi connectivity index (χ1n) is 10.8. The SMILES string of the molecule is CN(CCCOc1cccc(Cl)c1)C(=O)c1cccc(NC(=O)C2Cc3ccccc3O2)c1. The number of halogens is 1. The van der Waals surface area contributed by atoms with Gasteiger partial charge in [0.1, 0.15) is 11.5 Å². The van der Waals surface area contributed by atoms with Gasteiger partial charge in [-0.2, -0.15) is 0 Å². The van der Waals surface area contributed by atoms with Gasteiger partial charge in [-0.3, -0.25) is 9.59 Å². The summed E-state index contributed by atoms with van der Waals surface area (Å²) in [5, 5.41) is 3.48. The minimum Gasteiger partial charge on any atom is -0.493 e. The van der Waals surface area contributed by atoms with Gasteiger partial charge in [0.2, 0.25) is 0 Å². The Morgan fingerprint density at radius 2 is 1.91 bits per heavy atom. The van der Waals surface area contributed by atoms with Crippen LogP contribution in [0.1, 0.15) is 22.3 Å². The van der Waals surface area contributed by atoms with Crippen molar-refractivity contribution < 1.29 is 19.1 Å². The largest absolute Gasteiger partial charge is 0.493 e. The van der Waals surface area contributed by atoms with Gasteiger partial charge in [-0.25, -0.2) is 0 Å². The molecule has 1 aliphatic rings. The highest BCUT2D eigenvalue weighted by Gasteiger charge is 2.28. The molecule has 0 radical (unpaired) electrons. The number of ether oxygens (including phenoxy) is 2. The van der Waals surface area contributed by atoms with Crippen LogP contribution in [-0.2, 0) is 11.2 Å². The highest BCUT2D eigenvalue weighted by atomic mass is 35.5. The fraction of sp³-hybridized carbons (Fsp3) is 0.231. The van der Waals surface area contributed by atoms with Crippen LogP contribution in [0.4, 0.5) is 5.69 Å². The summed E-state index contributed by atoms with van der Waals surface area (Å²) in [4.78, 5) is 27.1. The van der Waals surface area contributed by atoms with Crippen LogP contribution in [0, 0.1) is 0 Å². The Balaban J connectivity index is 1.27. The number of carbonyl (C=O) groups excluding carboxylic acids is 2. The van der Waals surface area contributed by atoms with E-state index in [1.807, 2.05) is 36.4 Å². The van der Waals surface area contributed by atoms with Crippen LogP contribution in [0.3, 0.4) is 0 Å². The number of hydrogen-bond donors (Lipinski definition) is 1. The van der Waals surface area contributed by atoms with Gasteiger partial charge >= 0.3 is 0 Å². The third kappa shape index (κ3) is 5.84. The molecule has 1 unspecified atom stereocenters. The second-order valence-electron chi connectivity index (χ2n) is 7.87. The molecule has 170 valence electrons. The summed E-state index contributed by atoms with van der Waals surface area (Å²) in [7, 11) is 1.75. The van der Waals surface area contributed by atoms with Crippen molar-refractivity contribution in [3.63, 3.8) is 0 Å². The van der Waals surface area contributed by atoms with E-state index in [4.69, 9.17) is 21.1 Å². The van der Waals surface area contributed by atoms with Gasteiger partial charge in [-0.05, 0) is 54.4 Å². The fourth-order valence-electron chi connectivity index (χ4n) is 3.65. The Bertz CT molecular complexity index is 1130. The summed E-state index contributed by atoms with van der Waals surface area (Å²) < 4.78 is 11.4. The molecule has 3 aromatic rings. The lowest BCUT2D eigenvalue weighted by Gasteiger charge is -2.18. The zero-order chi connectivity index (χ0) is 23.2. The molecule has 6 nitrogen and oxygen atoms in total. The molecule has 33 heavy (non-hydrogen) atoms. The number of benzene rings is 3. The molecule has 0 aliphatic carbocycles. The molecule has 0 bridgehead atoms. The molecule has 1 N–H and O–H groups in total. The van der Waals surface area contributed by atoms with Gasteiger partial charge in [0.05, 0.1) is 6.61 Å². The summed E-state index contributed by atoms with van der Waals surface area (Å²) in [6, 6.07) is 21.8. The van der Waals surface area contributed by atoms with Crippen molar-refractivity contribution in [2.24, 2.45) is 0 Å². The number of para-hydroxylation sites is 1. The van der Waals surface area contributed by atoms with Crippen LogP contribution < -0.4 is 14.8 Å². The molecule has 0 aromatic heterocycles. The molecule has 1 atom stereocenters. The first-order chi connectivity index (χ1) is 16.0. The van der Waals surface area contributed by atoms with Crippen molar-refractivity contribution in [1.29, 1.82) is 0 Å². The summed E-state index contributed by atoms with van der Waals surface area (Å²) in [6.07, 6.45) is 0.620. The second-order valence-corrected chi connectivity index (χ2v) is 8.31. The molecule has 0 spiro atoms. The third-order valence-electron chi connectivity index (χ3n) is 5.37. The molecule has 3 aromatic carbocycles. The zero-order valence-electron chi connectivity index (χ0n) is 18.3. The fourth-order valence-corrected chi connectivity index (χ4v) is 3.83. The van der Waals surface area contributed by atoms with Crippen LogP contribution >= 0.6 is 11.6 Å². The van der Waals surface area contributed by atoms with E-state index in [0.717, 1.165) is 11.3 Å². The molecule has 2 amide bonds. The summed E-state index contributed by atoms with van der Waals surface area (Å²) >= 11 is 5.95. The molecule has 7 heteroatoms. The monoisotopic (exact) mass is 464 g/mol. The van der Waals surface area contributed by atoms with Gasteiger partial charge in [0.15, 0.2) is 6.10 Å². The van der Waals surface area contributed by atoms with Gasteiger partial charge in [-0.15, -0.1) is 0 Å². The predicted molar refractivity (Wildman–Crippen MR) is 128 cm³/mol. The van der Waals surface area contributed by atoms with E-state index in [9.17, 15) is 9.59 Å².